The minimum atomic E-state index is -0.435. The molecule has 8 nitrogen and oxygen atoms in total. The van der Waals surface area contributed by atoms with Crippen molar-refractivity contribution in [1.82, 2.24) is 0 Å². The van der Waals surface area contributed by atoms with E-state index < -0.39 is 5.78 Å². The average molecular weight is 509 g/mol. The number of aliphatic hydroxyl groups excluding tert-OH is 1. The van der Waals surface area contributed by atoms with Crippen molar-refractivity contribution in [2.75, 3.05) is 14.2 Å². The summed E-state index contributed by atoms with van der Waals surface area (Å²) in [7, 11) is 2.92. The zero-order valence-corrected chi connectivity index (χ0v) is 21.5. The van der Waals surface area contributed by atoms with Crippen LogP contribution in [0.2, 0.25) is 0 Å². The van der Waals surface area contributed by atoms with Gasteiger partial charge in [-0.1, -0.05) is 38.1 Å². The van der Waals surface area contributed by atoms with Crippen LogP contribution in [0.5, 0.6) is 23.0 Å². The number of rotatable bonds is 13. The maximum absolute atomic E-state index is 12.3. The monoisotopic (exact) mass is 508 g/mol. The van der Waals surface area contributed by atoms with Gasteiger partial charge in [-0.15, -0.1) is 0 Å². The molecule has 0 spiro atoms. The highest BCUT2D eigenvalue weighted by Crippen LogP contribution is 2.30. The first-order valence-electron chi connectivity index (χ1n) is 11.9. The molecule has 0 saturated carbocycles. The average Bonchev–Trinajstić information content (AvgIpc) is 2.87. The van der Waals surface area contributed by atoms with Gasteiger partial charge in [0, 0.05) is 18.9 Å². The Morgan fingerprint density at radius 1 is 0.730 bits per heavy atom. The standard InChI is InChI=1S/C29H32O8/c1-5-7-28(32)36-24-15-11-20(17-26(24)34-3)9-13-22(30)19-23(31)14-10-21-12-16-25(27(18-21)35-4)37-29(33)8-6-2/h9-19,30H,5-8H2,1-4H3/b13-9+,14-10+,22-19-. The Morgan fingerprint density at radius 3 is 1.62 bits per heavy atom. The van der Waals surface area contributed by atoms with Crippen molar-refractivity contribution in [3.05, 3.63) is 71.5 Å². The number of methoxy groups -OCH3 is 2. The number of allylic oxidation sites excluding steroid dienone is 3. The molecule has 37 heavy (non-hydrogen) atoms. The number of hydrogen-bond donors (Lipinski definition) is 1. The maximum Gasteiger partial charge on any atom is 0.311 e. The van der Waals surface area contributed by atoms with Crippen LogP contribution in [0.15, 0.2) is 60.4 Å². The molecule has 0 aliphatic carbocycles. The van der Waals surface area contributed by atoms with Crippen LogP contribution in [0, 0.1) is 0 Å². The zero-order valence-electron chi connectivity index (χ0n) is 21.5. The van der Waals surface area contributed by atoms with Crippen LogP contribution >= 0.6 is 0 Å². The fraction of sp³-hybridized carbons (Fsp3) is 0.276. The summed E-state index contributed by atoms with van der Waals surface area (Å²) in [5, 5.41) is 10.1. The van der Waals surface area contributed by atoms with E-state index in [1.165, 1.54) is 26.4 Å². The number of carbonyl (C=O) groups excluding carboxylic acids is 3. The molecule has 0 fully saturated rings. The Bertz CT molecular complexity index is 1190. The summed E-state index contributed by atoms with van der Waals surface area (Å²) >= 11 is 0. The summed E-state index contributed by atoms with van der Waals surface area (Å²) in [6.45, 7) is 3.77. The normalized spacial score (nSPS) is 11.5. The van der Waals surface area contributed by atoms with Crippen LogP contribution in [0.25, 0.3) is 12.2 Å². The van der Waals surface area contributed by atoms with E-state index in [0.717, 1.165) is 6.08 Å². The second kappa shape index (κ2) is 14.9. The van der Waals surface area contributed by atoms with E-state index in [-0.39, 0.29) is 17.7 Å². The lowest BCUT2D eigenvalue weighted by Gasteiger charge is -2.09. The maximum atomic E-state index is 12.3. The lowest BCUT2D eigenvalue weighted by molar-refractivity contribution is -0.135. The Kier molecular flexibility index (Phi) is 11.7. The molecule has 2 rings (SSSR count). The van der Waals surface area contributed by atoms with E-state index in [2.05, 4.69) is 0 Å². The van der Waals surface area contributed by atoms with Crippen LogP contribution in [0.3, 0.4) is 0 Å². The molecule has 0 aliphatic heterocycles. The highest BCUT2D eigenvalue weighted by Gasteiger charge is 2.11. The molecule has 0 saturated heterocycles. The molecule has 2 aromatic rings. The zero-order chi connectivity index (χ0) is 27.2. The first-order valence-corrected chi connectivity index (χ1v) is 11.9. The summed E-state index contributed by atoms with van der Waals surface area (Å²) in [6.07, 6.45) is 8.84. The molecule has 0 unspecified atom stereocenters. The summed E-state index contributed by atoms with van der Waals surface area (Å²) in [5.74, 6) is -0.0348. The Morgan fingerprint density at radius 2 is 1.19 bits per heavy atom. The van der Waals surface area contributed by atoms with Gasteiger partial charge in [-0.2, -0.15) is 0 Å². The topological polar surface area (TPSA) is 108 Å². The summed E-state index contributed by atoms with van der Waals surface area (Å²) in [6, 6.07) is 9.86. The van der Waals surface area contributed by atoms with E-state index in [0.29, 0.717) is 59.8 Å². The molecule has 0 bridgehead atoms. The van der Waals surface area contributed by atoms with Crippen molar-refractivity contribution >= 4 is 29.9 Å². The molecule has 0 aliphatic rings. The second-order valence-corrected chi connectivity index (χ2v) is 7.91. The predicted octanol–water partition coefficient (Wildman–Crippen LogP) is 5.85. The fourth-order valence-corrected chi connectivity index (χ4v) is 3.10. The quantitative estimate of drug-likeness (QED) is 0.118. The SMILES string of the molecule is CCCC(=O)Oc1ccc(/C=C/C(=O)/C=C(O)/C=C/c2ccc(OC(=O)CCC)c(OC)c2)cc1OC. The molecule has 0 radical (unpaired) electrons. The van der Waals surface area contributed by atoms with Gasteiger partial charge in [0.2, 0.25) is 0 Å². The van der Waals surface area contributed by atoms with Gasteiger partial charge in [0.25, 0.3) is 0 Å². The third-order valence-electron chi connectivity index (χ3n) is 4.91. The van der Waals surface area contributed by atoms with Crippen LogP contribution in [0.1, 0.15) is 50.7 Å². The minimum absolute atomic E-state index is 0.247. The Labute approximate surface area is 216 Å². The molecule has 0 amide bonds. The number of ketones is 1. The number of hydrogen-bond acceptors (Lipinski definition) is 8. The number of ether oxygens (including phenoxy) is 4. The minimum Gasteiger partial charge on any atom is -0.508 e. The van der Waals surface area contributed by atoms with Gasteiger partial charge in [-0.05, 0) is 60.4 Å². The molecule has 2 aromatic carbocycles. The van der Waals surface area contributed by atoms with Gasteiger partial charge in [-0.25, -0.2) is 0 Å². The van der Waals surface area contributed by atoms with Crippen molar-refractivity contribution in [1.29, 1.82) is 0 Å². The molecule has 0 atom stereocenters. The summed E-state index contributed by atoms with van der Waals surface area (Å²) < 4.78 is 21.1. The van der Waals surface area contributed by atoms with Crippen LogP contribution in [-0.2, 0) is 14.4 Å². The molecule has 8 heteroatoms. The van der Waals surface area contributed by atoms with Crippen molar-refractivity contribution in [2.45, 2.75) is 39.5 Å². The van der Waals surface area contributed by atoms with Gasteiger partial charge in [0.1, 0.15) is 5.76 Å². The van der Waals surface area contributed by atoms with Crippen LogP contribution < -0.4 is 18.9 Å². The van der Waals surface area contributed by atoms with Gasteiger partial charge >= 0.3 is 11.9 Å². The summed E-state index contributed by atoms with van der Waals surface area (Å²) in [4.78, 5) is 35.7. The van der Waals surface area contributed by atoms with Gasteiger partial charge in [0.05, 0.1) is 14.2 Å². The van der Waals surface area contributed by atoms with Crippen LogP contribution in [-0.4, -0.2) is 37.0 Å². The molecule has 0 heterocycles. The molecule has 1 N–H and O–H groups in total. The van der Waals surface area contributed by atoms with Gasteiger partial charge < -0.3 is 24.1 Å². The molecular weight excluding hydrogens is 476 g/mol. The number of carbonyl (C=O) groups is 3. The Balaban J connectivity index is 2.05. The third kappa shape index (κ3) is 9.68. The van der Waals surface area contributed by atoms with E-state index in [1.807, 2.05) is 13.8 Å². The first kappa shape index (κ1) is 28.9. The van der Waals surface area contributed by atoms with Crippen molar-refractivity contribution in [2.24, 2.45) is 0 Å². The van der Waals surface area contributed by atoms with Gasteiger partial charge in [-0.3, -0.25) is 14.4 Å². The largest absolute Gasteiger partial charge is 0.508 e. The molecule has 0 aromatic heterocycles. The smallest absolute Gasteiger partial charge is 0.311 e. The number of aliphatic hydroxyl groups is 1. The summed E-state index contributed by atoms with van der Waals surface area (Å²) in [5.41, 5.74) is 1.32. The highest BCUT2D eigenvalue weighted by molar-refractivity contribution is 6.02. The second-order valence-electron chi connectivity index (χ2n) is 7.91. The van der Waals surface area contributed by atoms with E-state index in [4.69, 9.17) is 18.9 Å². The first-order chi connectivity index (χ1) is 17.8. The number of benzene rings is 2. The van der Waals surface area contributed by atoms with Crippen molar-refractivity contribution in [3.8, 4) is 23.0 Å². The Hall–Kier alpha value is -4.33. The lowest BCUT2D eigenvalue weighted by atomic mass is 10.1. The number of esters is 2. The van der Waals surface area contributed by atoms with Gasteiger partial charge in [0.15, 0.2) is 28.8 Å². The van der Waals surface area contributed by atoms with Crippen molar-refractivity contribution in [3.63, 3.8) is 0 Å². The highest BCUT2D eigenvalue weighted by atomic mass is 16.6. The van der Waals surface area contributed by atoms with Crippen LogP contribution in [0.4, 0.5) is 0 Å². The van der Waals surface area contributed by atoms with Crippen molar-refractivity contribution < 1.29 is 38.4 Å². The fourth-order valence-electron chi connectivity index (χ4n) is 3.10. The third-order valence-corrected chi connectivity index (χ3v) is 4.91. The predicted molar refractivity (Wildman–Crippen MR) is 141 cm³/mol. The molecule has 196 valence electrons. The van der Waals surface area contributed by atoms with E-state index in [1.54, 1.807) is 48.6 Å². The molecular formula is C29H32O8. The lowest BCUT2D eigenvalue weighted by Crippen LogP contribution is -2.07. The van der Waals surface area contributed by atoms with E-state index in [9.17, 15) is 19.5 Å². The van der Waals surface area contributed by atoms with E-state index >= 15 is 0 Å².